The van der Waals surface area contributed by atoms with Crippen LogP contribution in [0.3, 0.4) is 0 Å². The Morgan fingerprint density at radius 3 is 2.76 bits per heavy atom. The van der Waals surface area contributed by atoms with Gasteiger partial charge in [-0.2, -0.15) is 5.10 Å². The molecule has 1 aromatic heterocycles. The lowest BCUT2D eigenvalue weighted by molar-refractivity contribution is 0.482. The van der Waals surface area contributed by atoms with E-state index in [9.17, 15) is 4.39 Å². The van der Waals surface area contributed by atoms with Crippen molar-refractivity contribution in [2.24, 2.45) is 7.05 Å². The number of aromatic nitrogens is 2. The summed E-state index contributed by atoms with van der Waals surface area (Å²) in [5.41, 5.74) is 2.54. The minimum atomic E-state index is -0.260. The van der Waals surface area contributed by atoms with E-state index in [1.54, 1.807) is 12.1 Å². The summed E-state index contributed by atoms with van der Waals surface area (Å²) in [7, 11) is 1.91. The van der Waals surface area contributed by atoms with Crippen LogP contribution >= 0.6 is 11.6 Å². The quantitative estimate of drug-likeness (QED) is 0.879. The summed E-state index contributed by atoms with van der Waals surface area (Å²) in [6.07, 6.45) is 1.52. The van der Waals surface area contributed by atoms with Gasteiger partial charge in [0.05, 0.1) is 17.4 Å². The molecule has 21 heavy (non-hydrogen) atoms. The smallest absolute Gasteiger partial charge is 0.127 e. The number of aryl methyl sites for hydroxylation is 2. The van der Waals surface area contributed by atoms with E-state index in [0.29, 0.717) is 17.0 Å². The van der Waals surface area contributed by atoms with Crippen LogP contribution in [0.1, 0.15) is 36.3 Å². The molecule has 1 aromatic carbocycles. The van der Waals surface area contributed by atoms with Crippen LogP contribution in [0.25, 0.3) is 0 Å². The molecule has 1 heterocycles. The Morgan fingerprint density at radius 2 is 2.19 bits per heavy atom. The maximum absolute atomic E-state index is 14.0. The Labute approximate surface area is 130 Å². The largest absolute Gasteiger partial charge is 0.308 e. The van der Waals surface area contributed by atoms with Crippen LogP contribution < -0.4 is 5.32 Å². The van der Waals surface area contributed by atoms with Crippen LogP contribution in [0.5, 0.6) is 0 Å². The van der Waals surface area contributed by atoms with E-state index in [2.05, 4.69) is 17.3 Å². The highest BCUT2D eigenvalue weighted by Crippen LogP contribution is 2.26. The van der Waals surface area contributed by atoms with Crippen molar-refractivity contribution < 1.29 is 4.39 Å². The van der Waals surface area contributed by atoms with Crippen molar-refractivity contribution in [3.63, 3.8) is 0 Å². The number of nitrogens with one attached hydrogen (secondary N) is 1. The summed E-state index contributed by atoms with van der Waals surface area (Å²) in [6.45, 7) is 4.92. The fourth-order valence-corrected chi connectivity index (χ4v) is 2.73. The Balaban J connectivity index is 2.30. The van der Waals surface area contributed by atoms with Gasteiger partial charge in [-0.3, -0.25) is 4.68 Å². The van der Waals surface area contributed by atoms with Gasteiger partial charge < -0.3 is 5.32 Å². The lowest BCUT2D eigenvalue weighted by atomic mass is 10.0. The molecule has 1 atom stereocenters. The summed E-state index contributed by atoms with van der Waals surface area (Å²) in [5, 5.41) is 8.30. The monoisotopic (exact) mass is 309 g/mol. The Hall–Kier alpha value is -1.39. The zero-order valence-corrected chi connectivity index (χ0v) is 13.4. The van der Waals surface area contributed by atoms with Gasteiger partial charge in [0.1, 0.15) is 5.82 Å². The van der Waals surface area contributed by atoms with Crippen molar-refractivity contribution in [2.75, 3.05) is 6.54 Å². The van der Waals surface area contributed by atoms with E-state index in [1.807, 2.05) is 24.7 Å². The SMILES string of the molecule is CCCNC(Cc1c(F)cccc1Cl)c1cc(C)nn1C. The summed E-state index contributed by atoms with van der Waals surface area (Å²) in [4.78, 5) is 0. The van der Waals surface area contributed by atoms with Gasteiger partial charge in [-0.1, -0.05) is 24.6 Å². The minimum Gasteiger partial charge on any atom is -0.308 e. The minimum absolute atomic E-state index is 0.00875. The molecule has 0 aliphatic rings. The molecule has 0 bridgehead atoms. The van der Waals surface area contributed by atoms with Gasteiger partial charge in [-0.25, -0.2) is 4.39 Å². The average Bonchev–Trinajstić information content (AvgIpc) is 2.76. The molecule has 1 N–H and O–H groups in total. The van der Waals surface area contributed by atoms with Crippen LogP contribution in [-0.4, -0.2) is 16.3 Å². The van der Waals surface area contributed by atoms with Crippen LogP contribution in [0.4, 0.5) is 4.39 Å². The van der Waals surface area contributed by atoms with Crippen LogP contribution in [-0.2, 0) is 13.5 Å². The van der Waals surface area contributed by atoms with Gasteiger partial charge in [-0.15, -0.1) is 0 Å². The maximum Gasteiger partial charge on any atom is 0.127 e. The fourth-order valence-electron chi connectivity index (χ4n) is 2.49. The van der Waals surface area contributed by atoms with Crippen molar-refractivity contribution in [2.45, 2.75) is 32.7 Å². The second-order valence-electron chi connectivity index (χ2n) is 5.25. The van der Waals surface area contributed by atoms with E-state index in [0.717, 1.165) is 24.4 Å². The topological polar surface area (TPSA) is 29.9 Å². The first-order valence-electron chi connectivity index (χ1n) is 7.19. The molecule has 0 radical (unpaired) electrons. The van der Waals surface area contributed by atoms with Gasteiger partial charge in [0.15, 0.2) is 0 Å². The number of rotatable bonds is 6. The second-order valence-corrected chi connectivity index (χ2v) is 5.65. The highest BCUT2D eigenvalue weighted by molar-refractivity contribution is 6.31. The summed E-state index contributed by atoms with van der Waals surface area (Å²) in [5.74, 6) is -0.260. The van der Waals surface area contributed by atoms with Crippen molar-refractivity contribution in [3.05, 3.63) is 52.1 Å². The van der Waals surface area contributed by atoms with Crippen molar-refractivity contribution in [1.82, 2.24) is 15.1 Å². The average molecular weight is 310 g/mol. The lowest BCUT2D eigenvalue weighted by Gasteiger charge is -2.20. The highest BCUT2D eigenvalue weighted by atomic mass is 35.5. The fraction of sp³-hybridized carbons (Fsp3) is 0.438. The molecule has 2 rings (SSSR count). The highest BCUT2D eigenvalue weighted by Gasteiger charge is 2.19. The lowest BCUT2D eigenvalue weighted by Crippen LogP contribution is -2.26. The summed E-state index contributed by atoms with van der Waals surface area (Å²) < 4.78 is 15.9. The number of hydrogen-bond donors (Lipinski definition) is 1. The second kappa shape index (κ2) is 7.05. The first-order valence-corrected chi connectivity index (χ1v) is 7.57. The molecular formula is C16H21ClFN3. The zero-order chi connectivity index (χ0) is 15.4. The predicted molar refractivity (Wildman–Crippen MR) is 84.1 cm³/mol. The van der Waals surface area contributed by atoms with Crippen molar-refractivity contribution >= 4 is 11.6 Å². The molecule has 1 unspecified atom stereocenters. The normalized spacial score (nSPS) is 12.6. The Bertz CT molecular complexity index is 589. The molecule has 0 spiro atoms. The van der Waals surface area contributed by atoms with Gasteiger partial charge in [0, 0.05) is 17.6 Å². The molecule has 3 nitrogen and oxygen atoms in total. The van der Waals surface area contributed by atoms with E-state index in [-0.39, 0.29) is 11.9 Å². The molecule has 0 aliphatic carbocycles. The molecule has 0 saturated carbocycles. The van der Waals surface area contributed by atoms with E-state index in [1.165, 1.54) is 6.07 Å². The van der Waals surface area contributed by atoms with E-state index < -0.39 is 0 Å². The van der Waals surface area contributed by atoms with Gasteiger partial charge in [0.2, 0.25) is 0 Å². The van der Waals surface area contributed by atoms with Gasteiger partial charge in [0.25, 0.3) is 0 Å². The van der Waals surface area contributed by atoms with E-state index in [4.69, 9.17) is 11.6 Å². The van der Waals surface area contributed by atoms with E-state index >= 15 is 0 Å². The third kappa shape index (κ3) is 3.83. The zero-order valence-electron chi connectivity index (χ0n) is 12.7. The first kappa shape index (κ1) is 16.0. The standard InChI is InChI=1S/C16H21ClFN3/c1-4-8-19-15(16-9-11(2)20-21(16)3)10-12-13(17)6-5-7-14(12)18/h5-7,9,15,19H,4,8,10H2,1-3H3. The molecule has 0 fully saturated rings. The summed E-state index contributed by atoms with van der Waals surface area (Å²) in [6, 6.07) is 6.83. The third-order valence-electron chi connectivity index (χ3n) is 3.51. The molecule has 0 amide bonds. The molecule has 0 aliphatic heterocycles. The molecule has 2 aromatic rings. The number of nitrogens with zero attached hydrogens (tertiary/aromatic N) is 2. The molecule has 114 valence electrons. The van der Waals surface area contributed by atoms with Gasteiger partial charge >= 0.3 is 0 Å². The Morgan fingerprint density at radius 1 is 1.43 bits per heavy atom. The molecule has 0 saturated heterocycles. The van der Waals surface area contributed by atoms with Crippen LogP contribution in [0.15, 0.2) is 24.3 Å². The van der Waals surface area contributed by atoms with Crippen molar-refractivity contribution in [1.29, 1.82) is 0 Å². The number of benzene rings is 1. The van der Waals surface area contributed by atoms with Crippen molar-refractivity contribution in [3.8, 4) is 0 Å². The molecule has 5 heteroatoms. The first-order chi connectivity index (χ1) is 10.0. The van der Waals surface area contributed by atoms with Crippen LogP contribution in [0, 0.1) is 12.7 Å². The Kier molecular flexibility index (Phi) is 5.37. The summed E-state index contributed by atoms with van der Waals surface area (Å²) >= 11 is 6.15. The van der Waals surface area contributed by atoms with Gasteiger partial charge in [-0.05, 0) is 44.5 Å². The maximum atomic E-state index is 14.0. The number of hydrogen-bond acceptors (Lipinski definition) is 2. The number of halogens is 2. The predicted octanol–water partition coefficient (Wildman–Crippen LogP) is 3.80. The van der Waals surface area contributed by atoms with Crippen LogP contribution in [0.2, 0.25) is 5.02 Å². The molecular weight excluding hydrogens is 289 g/mol. The third-order valence-corrected chi connectivity index (χ3v) is 3.86.